The summed E-state index contributed by atoms with van der Waals surface area (Å²) in [6.07, 6.45) is -5.45. The minimum Gasteiger partial charge on any atom is -0.463 e. The molecule has 0 aromatic heterocycles. The fraction of sp³-hybridized carbons (Fsp3) is 0.714. The molecule has 132 valence electrons. The summed E-state index contributed by atoms with van der Waals surface area (Å²) in [5.74, 6) is -1.01. The Bertz CT molecular complexity index is 411. The van der Waals surface area contributed by atoms with Crippen molar-refractivity contribution in [1.29, 1.82) is 0 Å². The van der Waals surface area contributed by atoms with Crippen LogP contribution in [0.2, 0.25) is 0 Å². The number of aliphatic hydroxyl groups is 4. The highest BCUT2D eigenvalue weighted by Gasteiger charge is 2.43. The van der Waals surface area contributed by atoms with E-state index in [1.807, 2.05) is 0 Å². The predicted octanol–water partition coefficient (Wildman–Crippen LogP) is -1.42. The molecule has 1 rings (SSSR count). The van der Waals surface area contributed by atoms with Crippen molar-refractivity contribution in [2.45, 2.75) is 56.4 Å². The summed E-state index contributed by atoms with van der Waals surface area (Å²) in [6.45, 7) is 2.87. The van der Waals surface area contributed by atoms with Crippen LogP contribution in [0.5, 0.6) is 0 Å². The molecule has 9 heteroatoms. The first-order valence-electron chi connectivity index (χ1n) is 7.20. The van der Waals surface area contributed by atoms with E-state index in [0.29, 0.717) is 12.8 Å². The van der Waals surface area contributed by atoms with Crippen LogP contribution in [0.1, 0.15) is 25.7 Å². The molecule has 1 aliphatic rings. The van der Waals surface area contributed by atoms with Crippen molar-refractivity contribution in [3.63, 3.8) is 0 Å². The first kappa shape index (κ1) is 19.5. The summed E-state index contributed by atoms with van der Waals surface area (Å²) in [6, 6.07) is 0. The SMILES string of the molecule is C=COC(=O)CCCCC(=O)OC[C@H]1O[C@H](O)[C@H](O)[C@@H](O)[C@@H]1O. The summed E-state index contributed by atoms with van der Waals surface area (Å²) >= 11 is 0. The standard InChI is InChI=1S/C14H22O9/c1-2-21-9(15)5-3-4-6-10(16)22-7-8-11(17)12(18)13(19)14(20)23-8/h2,8,11-14,17-20H,1,3-7H2/t8-,11-,12+,13-,14+/m1/s1. The van der Waals surface area contributed by atoms with E-state index in [1.54, 1.807) is 0 Å². The number of hydrogen-bond acceptors (Lipinski definition) is 9. The van der Waals surface area contributed by atoms with Crippen LogP contribution in [-0.2, 0) is 23.8 Å². The zero-order chi connectivity index (χ0) is 17.4. The van der Waals surface area contributed by atoms with Crippen LogP contribution in [0.25, 0.3) is 0 Å². The van der Waals surface area contributed by atoms with Crippen LogP contribution in [0.4, 0.5) is 0 Å². The van der Waals surface area contributed by atoms with Crippen LogP contribution in [0, 0.1) is 0 Å². The van der Waals surface area contributed by atoms with Crippen molar-refractivity contribution in [1.82, 2.24) is 0 Å². The molecule has 1 saturated heterocycles. The van der Waals surface area contributed by atoms with Gasteiger partial charge in [0.1, 0.15) is 31.0 Å². The summed E-state index contributed by atoms with van der Waals surface area (Å²) in [5, 5.41) is 37.8. The first-order valence-corrected chi connectivity index (χ1v) is 7.20. The van der Waals surface area contributed by atoms with E-state index in [1.165, 1.54) is 0 Å². The number of esters is 2. The number of carbonyl (C=O) groups excluding carboxylic acids is 2. The van der Waals surface area contributed by atoms with Gasteiger partial charge >= 0.3 is 11.9 Å². The number of aliphatic hydroxyl groups excluding tert-OH is 4. The maximum Gasteiger partial charge on any atom is 0.310 e. The van der Waals surface area contributed by atoms with Gasteiger partial charge in [0.25, 0.3) is 0 Å². The molecule has 0 aromatic rings. The summed E-state index contributed by atoms with van der Waals surface area (Å²) in [7, 11) is 0. The van der Waals surface area contributed by atoms with Crippen LogP contribution < -0.4 is 0 Å². The average molecular weight is 334 g/mol. The number of unbranched alkanes of at least 4 members (excludes halogenated alkanes) is 1. The molecule has 1 heterocycles. The molecule has 4 N–H and O–H groups in total. The van der Waals surface area contributed by atoms with Gasteiger partial charge in [0, 0.05) is 12.8 Å². The number of ether oxygens (including phenoxy) is 3. The molecule has 23 heavy (non-hydrogen) atoms. The topological polar surface area (TPSA) is 143 Å². The molecule has 1 fully saturated rings. The van der Waals surface area contributed by atoms with Gasteiger partial charge in [-0.15, -0.1) is 0 Å². The Morgan fingerprint density at radius 1 is 1.00 bits per heavy atom. The average Bonchev–Trinajstić information content (AvgIpc) is 2.52. The van der Waals surface area contributed by atoms with Gasteiger partial charge in [-0.25, -0.2) is 0 Å². The third kappa shape index (κ3) is 6.24. The van der Waals surface area contributed by atoms with Crippen molar-refractivity contribution in [3.05, 3.63) is 12.8 Å². The van der Waals surface area contributed by atoms with Gasteiger partial charge in [-0.05, 0) is 12.8 Å². The highest BCUT2D eigenvalue weighted by atomic mass is 16.6. The minimum atomic E-state index is -1.67. The maximum atomic E-state index is 11.5. The van der Waals surface area contributed by atoms with Gasteiger partial charge in [-0.2, -0.15) is 0 Å². The molecule has 0 aromatic carbocycles. The van der Waals surface area contributed by atoms with E-state index < -0.39 is 42.6 Å². The van der Waals surface area contributed by atoms with Gasteiger partial charge in [-0.3, -0.25) is 9.59 Å². The van der Waals surface area contributed by atoms with Crippen molar-refractivity contribution in [2.24, 2.45) is 0 Å². The Labute approximate surface area is 133 Å². The molecule has 0 unspecified atom stereocenters. The predicted molar refractivity (Wildman–Crippen MR) is 74.6 cm³/mol. The number of rotatable bonds is 8. The highest BCUT2D eigenvalue weighted by molar-refractivity contribution is 5.70. The summed E-state index contributed by atoms with van der Waals surface area (Å²) in [4.78, 5) is 22.5. The Morgan fingerprint density at radius 2 is 1.61 bits per heavy atom. The van der Waals surface area contributed by atoms with Crippen LogP contribution in [0.3, 0.4) is 0 Å². The zero-order valence-electron chi connectivity index (χ0n) is 12.5. The van der Waals surface area contributed by atoms with E-state index in [2.05, 4.69) is 11.3 Å². The maximum absolute atomic E-state index is 11.5. The molecule has 0 spiro atoms. The summed E-state index contributed by atoms with van der Waals surface area (Å²) in [5.41, 5.74) is 0. The van der Waals surface area contributed by atoms with Crippen molar-refractivity contribution in [3.8, 4) is 0 Å². The molecule has 0 radical (unpaired) electrons. The van der Waals surface area contributed by atoms with Crippen LogP contribution in [0.15, 0.2) is 12.8 Å². The Hall–Kier alpha value is -1.52. The fourth-order valence-corrected chi connectivity index (χ4v) is 2.01. The molecule has 0 saturated carbocycles. The van der Waals surface area contributed by atoms with E-state index in [0.717, 1.165) is 6.26 Å². The Morgan fingerprint density at radius 3 is 2.22 bits per heavy atom. The first-order chi connectivity index (χ1) is 10.9. The Kier molecular flexibility index (Phi) is 8.13. The lowest BCUT2D eigenvalue weighted by Gasteiger charge is -2.37. The number of hydrogen-bond donors (Lipinski definition) is 4. The molecule has 5 atom stereocenters. The molecule has 0 bridgehead atoms. The normalized spacial score (nSPS) is 30.5. The van der Waals surface area contributed by atoms with E-state index in [-0.39, 0.29) is 19.4 Å². The van der Waals surface area contributed by atoms with Gasteiger partial charge in [0.15, 0.2) is 6.29 Å². The monoisotopic (exact) mass is 334 g/mol. The van der Waals surface area contributed by atoms with Gasteiger partial charge in [0.05, 0.1) is 6.26 Å². The van der Waals surface area contributed by atoms with E-state index in [9.17, 15) is 30.0 Å². The zero-order valence-corrected chi connectivity index (χ0v) is 12.5. The lowest BCUT2D eigenvalue weighted by atomic mass is 9.99. The largest absolute Gasteiger partial charge is 0.463 e. The third-order valence-corrected chi connectivity index (χ3v) is 3.32. The van der Waals surface area contributed by atoms with Gasteiger partial charge in [-0.1, -0.05) is 6.58 Å². The van der Waals surface area contributed by atoms with Crippen LogP contribution >= 0.6 is 0 Å². The third-order valence-electron chi connectivity index (χ3n) is 3.32. The minimum absolute atomic E-state index is 0.0535. The lowest BCUT2D eigenvalue weighted by molar-refractivity contribution is -0.287. The van der Waals surface area contributed by atoms with Crippen molar-refractivity contribution in [2.75, 3.05) is 6.61 Å². The molecule has 9 nitrogen and oxygen atoms in total. The molecular weight excluding hydrogens is 312 g/mol. The Balaban J connectivity index is 2.23. The molecule has 0 amide bonds. The van der Waals surface area contributed by atoms with Crippen molar-refractivity contribution < 1.29 is 44.2 Å². The second kappa shape index (κ2) is 9.58. The fourth-order valence-electron chi connectivity index (χ4n) is 2.01. The van der Waals surface area contributed by atoms with Gasteiger partial charge in [0.2, 0.25) is 0 Å². The second-order valence-corrected chi connectivity index (χ2v) is 5.08. The molecular formula is C14H22O9. The quantitative estimate of drug-likeness (QED) is 0.239. The number of carbonyl (C=O) groups is 2. The second-order valence-electron chi connectivity index (χ2n) is 5.08. The van der Waals surface area contributed by atoms with Crippen LogP contribution in [-0.4, -0.2) is 69.7 Å². The summed E-state index contributed by atoms with van der Waals surface area (Å²) < 4.78 is 14.3. The lowest BCUT2D eigenvalue weighted by Crippen LogP contribution is -2.58. The van der Waals surface area contributed by atoms with E-state index in [4.69, 9.17) is 9.47 Å². The van der Waals surface area contributed by atoms with E-state index >= 15 is 0 Å². The molecule has 0 aliphatic carbocycles. The smallest absolute Gasteiger partial charge is 0.310 e. The molecule has 1 aliphatic heterocycles. The highest BCUT2D eigenvalue weighted by Crippen LogP contribution is 2.20. The van der Waals surface area contributed by atoms with Crippen molar-refractivity contribution >= 4 is 11.9 Å². The van der Waals surface area contributed by atoms with Gasteiger partial charge < -0.3 is 34.6 Å².